The van der Waals surface area contributed by atoms with Crippen molar-refractivity contribution < 1.29 is 14.0 Å². The number of rotatable bonds is 4. The summed E-state index contributed by atoms with van der Waals surface area (Å²) in [6.45, 7) is 6.27. The lowest BCUT2D eigenvalue weighted by atomic mass is 10.1. The van der Waals surface area contributed by atoms with Crippen molar-refractivity contribution in [2.24, 2.45) is 0 Å². The second kappa shape index (κ2) is 6.93. The molecule has 0 fully saturated rings. The van der Waals surface area contributed by atoms with Crippen LogP contribution in [0.1, 0.15) is 28.2 Å². The molecule has 2 N–H and O–H groups in total. The highest BCUT2D eigenvalue weighted by Gasteiger charge is 2.14. The van der Waals surface area contributed by atoms with Gasteiger partial charge in [0.1, 0.15) is 11.5 Å². The van der Waals surface area contributed by atoms with Crippen molar-refractivity contribution in [1.82, 2.24) is 10.6 Å². The Morgan fingerprint density at radius 3 is 2.09 bits per heavy atom. The van der Waals surface area contributed by atoms with E-state index in [0.29, 0.717) is 6.54 Å². The first-order chi connectivity index (χ1) is 10.5. The van der Waals surface area contributed by atoms with Crippen LogP contribution >= 0.6 is 0 Å². The maximum absolute atomic E-state index is 11.8. The van der Waals surface area contributed by atoms with Crippen molar-refractivity contribution >= 4 is 11.8 Å². The van der Waals surface area contributed by atoms with Gasteiger partial charge in [-0.3, -0.25) is 9.59 Å². The van der Waals surface area contributed by atoms with E-state index in [1.54, 1.807) is 0 Å². The summed E-state index contributed by atoms with van der Waals surface area (Å²) < 4.78 is 5.37. The van der Waals surface area contributed by atoms with Crippen LogP contribution in [0.2, 0.25) is 0 Å². The van der Waals surface area contributed by atoms with E-state index in [4.69, 9.17) is 4.42 Å². The van der Waals surface area contributed by atoms with Crippen LogP contribution in [0.5, 0.6) is 0 Å². The number of aryl methyl sites for hydroxylation is 3. The van der Waals surface area contributed by atoms with Crippen LogP contribution in [0.3, 0.4) is 0 Å². The van der Waals surface area contributed by atoms with Crippen molar-refractivity contribution in [1.29, 1.82) is 0 Å². The maximum Gasteiger partial charge on any atom is 0.309 e. The average Bonchev–Trinajstić information content (AvgIpc) is 2.81. The summed E-state index contributed by atoms with van der Waals surface area (Å²) in [5.74, 6) is 0.243. The van der Waals surface area contributed by atoms with E-state index in [2.05, 4.69) is 10.6 Å². The molecule has 0 unspecified atom stereocenters. The van der Waals surface area contributed by atoms with Gasteiger partial charge >= 0.3 is 11.8 Å². The minimum Gasteiger partial charge on any atom is -0.466 e. The first-order valence-electron chi connectivity index (χ1n) is 7.13. The quantitative estimate of drug-likeness (QED) is 0.850. The van der Waals surface area contributed by atoms with Gasteiger partial charge in [-0.15, -0.1) is 0 Å². The van der Waals surface area contributed by atoms with Gasteiger partial charge in [-0.2, -0.15) is 0 Å². The molecule has 0 radical (unpaired) electrons. The normalized spacial score (nSPS) is 10.3. The number of carbonyl (C=O) groups excluding carboxylic acids is 2. The highest BCUT2D eigenvalue weighted by Crippen LogP contribution is 2.12. The molecule has 0 saturated heterocycles. The number of benzene rings is 1. The van der Waals surface area contributed by atoms with E-state index in [-0.39, 0.29) is 6.54 Å². The lowest BCUT2D eigenvalue weighted by Gasteiger charge is -2.06. The molecule has 0 bridgehead atoms. The fourth-order valence-electron chi connectivity index (χ4n) is 2.08. The van der Waals surface area contributed by atoms with E-state index in [1.807, 2.05) is 51.1 Å². The Kier molecular flexibility index (Phi) is 4.99. The number of hydrogen-bond acceptors (Lipinski definition) is 3. The molecular formula is C17H20N2O3. The number of nitrogens with one attached hydrogen (secondary N) is 2. The van der Waals surface area contributed by atoms with Gasteiger partial charge < -0.3 is 15.1 Å². The number of carbonyl (C=O) groups is 2. The van der Waals surface area contributed by atoms with Crippen molar-refractivity contribution in [3.63, 3.8) is 0 Å². The SMILES string of the molecule is Cc1ccc(CNC(=O)C(=O)NCc2cc(C)oc2C)cc1. The van der Waals surface area contributed by atoms with E-state index in [0.717, 1.165) is 28.2 Å². The zero-order chi connectivity index (χ0) is 16.1. The van der Waals surface area contributed by atoms with Crippen molar-refractivity contribution in [2.75, 3.05) is 0 Å². The van der Waals surface area contributed by atoms with Crippen molar-refractivity contribution in [2.45, 2.75) is 33.9 Å². The van der Waals surface area contributed by atoms with Crippen LogP contribution < -0.4 is 10.6 Å². The summed E-state index contributed by atoms with van der Waals surface area (Å²) in [6, 6.07) is 9.62. The Hall–Kier alpha value is -2.56. The van der Waals surface area contributed by atoms with E-state index >= 15 is 0 Å². The topological polar surface area (TPSA) is 71.3 Å². The highest BCUT2D eigenvalue weighted by molar-refractivity contribution is 6.35. The zero-order valence-electron chi connectivity index (χ0n) is 13.0. The second-order valence-electron chi connectivity index (χ2n) is 5.29. The van der Waals surface area contributed by atoms with Gasteiger partial charge in [-0.1, -0.05) is 29.8 Å². The lowest BCUT2D eigenvalue weighted by molar-refractivity contribution is -0.139. The monoisotopic (exact) mass is 300 g/mol. The Bertz CT molecular complexity index is 672. The third-order valence-corrected chi connectivity index (χ3v) is 3.36. The zero-order valence-corrected chi connectivity index (χ0v) is 13.0. The van der Waals surface area contributed by atoms with Gasteiger partial charge in [0.15, 0.2) is 0 Å². The van der Waals surface area contributed by atoms with Gasteiger partial charge in [0.2, 0.25) is 0 Å². The van der Waals surface area contributed by atoms with Gasteiger partial charge in [0.25, 0.3) is 0 Å². The summed E-state index contributed by atoms with van der Waals surface area (Å²) in [7, 11) is 0. The third kappa shape index (κ3) is 4.22. The van der Waals surface area contributed by atoms with E-state index in [1.165, 1.54) is 0 Å². The standard InChI is InChI=1S/C17H20N2O3/c1-11-4-6-14(7-5-11)9-18-16(20)17(21)19-10-15-8-12(2)22-13(15)3/h4-8H,9-10H2,1-3H3,(H,18,20)(H,19,21). The molecule has 1 aromatic carbocycles. The summed E-state index contributed by atoms with van der Waals surface area (Å²) in [6.07, 6.45) is 0. The maximum atomic E-state index is 11.8. The molecule has 0 aliphatic heterocycles. The Morgan fingerprint density at radius 2 is 1.55 bits per heavy atom. The summed E-state index contributed by atoms with van der Waals surface area (Å²) in [5, 5.41) is 5.19. The molecule has 1 aromatic heterocycles. The van der Waals surface area contributed by atoms with Crippen LogP contribution in [0.4, 0.5) is 0 Å². The second-order valence-corrected chi connectivity index (χ2v) is 5.29. The van der Waals surface area contributed by atoms with Crippen LogP contribution in [-0.2, 0) is 22.7 Å². The van der Waals surface area contributed by atoms with E-state index < -0.39 is 11.8 Å². The molecular weight excluding hydrogens is 280 g/mol. The lowest BCUT2D eigenvalue weighted by Crippen LogP contribution is -2.39. The van der Waals surface area contributed by atoms with Crippen LogP contribution in [0, 0.1) is 20.8 Å². The minimum atomic E-state index is -0.648. The van der Waals surface area contributed by atoms with Crippen LogP contribution in [-0.4, -0.2) is 11.8 Å². The van der Waals surface area contributed by atoms with E-state index in [9.17, 15) is 9.59 Å². The summed E-state index contributed by atoms with van der Waals surface area (Å²) >= 11 is 0. The molecule has 5 heteroatoms. The predicted octanol–water partition coefficient (Wildman–Crippen LogP) is 2.14. The molecule has 1 heterocycles. The van der Waals surface area contributed by atoms with Gasteiger partial charge in [0, 0.05) is 18.7 Å². The number of amides is 2. The molecule has 0 aliphatic rings. The van der Waals surface area contributed by atoms with Crippen molar-refractivity contribution in [3.8, 4) is 0 Å². The molecule has 0 aliphatic carbocycles. The molecule has 2 aromatic rings. The van der Waals surface area contributed by atoms with Gasteiger partial charge in [-0.05, 0) is 32.4 Å². The molecule has 22 heavy (non-hydrogen) atoms. The fraction of sp³-hybridized carbons (Fsp3) is 0.294. The molecule has 0 atom stereocenters. The largest absolute Gasteiger partial charge is 0.466 e. The smallest absolute Gasteiger partial charge is 0.309 e. The Balaban J connectivity index is 1.80. The van der Waals surface area contributed by atoms with Gasteiger partial charge in [0.05, 0.1) is 0 Å². The molecule has 0 saturated carbocycles. The molecule has 5 nitrogen and oxygen atoms in total. The van der Waals surface area contributed by atoms with Crippen molar-refractivity contribution in [3.05, 3.63) is 58.5 Å². The van der Waals surface area contributed by atoms with Crippen LogP contribution in [0.25, 0.3) is 0 Å². The fourth-order valence-corrected chi connectivity index (χ4v) is 2.08. The summed E-state index contributed by atoms with van der Waals surface area (Å²) in [4.78, 5) is 23.5. The first kappa shape index (κ1) is 15.8. The molecule has 2 rings (SSSR count). The minimum absolute atomic E-state index is 0.278. The van der Waals surface area contributed by atoms with Gasteiger partial charge in [-0.25, -0.2) is 0 Å². The number of hydrogen-bond donors (Lipinski definition) is 2. The Labute approximate surface area is 129 Å². The molecule has 2 amide bonds. The predicted molar refractivity (Wildman–Crippen MR) is 83.1 cm³/mol. The number of furan rings is 1. The van der Waals surface area contributed by atoms with Crippen LogP contribution in [0.15, 0.2) is 34.7 Å². The summed E-state index contributed by atoms with van der Waals surface area (Å²) in [5.41, 5.74) is 2.98. The molecule has 0 spiro atoms. The highest BCUT2D eigenvalue weighted by atomic mass is 16.3. The third-order valence-electron chi connectivity index (χ3n) is 3.36. The average molecular weight is 300 g/mol. The first-order valence-corrected chi connectivity index (χ1v) is 7.13. The molecule has 116 valence electrons. The Morgan fingerprint density at radius 1 is 0.955 bits per heavy atom.